The lowest BCUT2D eigenvalue weighted by molar-refractivity contribution is 0.362. The molecule has 2 nitrogen and oxygen atoms in total. The molecule has 0 aliphatic heterocycles. The molecule has 0 aromatic heterocycles. The highest BCUT2D eigenvalue weighted by molar-refractivity contribution is 6.25. The van der Waals surface area contributed by atoms with Gasteiger partial charge in [0.1, 0.15) is 0 Å². The molecule has 0 bridgehead atoms. The summed E-state index contributed by atoms with van der Waals surface area (Å²) in [5.41, 5.74) is 0.214. The summed E-state index contributed by atoms with van der Waals surface area (Å²) in [7, 11) is 6.28. The number of rotatable bonds is 6. The highest BCUT2D eigenvalue weighted by atomic mass is 15.0. The van der Waals surface area contributed by atoms with Crippen LogP contribution in [0.25, 0.3) is 0 Å². The van der Waals surface area contributed by atoms with Crippen molar-refractivity contribution in [2.45, 2.75) is 32.2 Å². The maximum absolute atomic E-state index is 3.18. The second-order valence-corrected chi connectivity index (χ2v) is 3.96. The maximum atomic E-state index is 3.18. The molecule has 0 saturated heterocycles. The van der Waals surface area contributed by atoms with Gasteiger partial charge in [0.05, 0.1) is 0 Å². The first-order valence-corrected chi connectivity index (χ1v) is 5.02. The third-order valence-electron chi connectivity index (χ3n) is 2.66. The lowest BCUT2D eigenvalue weighted by Gasteiger charge is -2.35. The first-order chi connectivity index (χ1) is 6.06. The lowest BCUT2D eigenvalue weighted by atomic mass is 9.86. The van der Waals surface area contributed by atoms with Crippen molar-refractivity contribution in [3.05, 3.63) is 12.2 Å². The topological polar surface area (TPSA) is 15.3 Å². The van der Waals surface area contributed by atoms with Gasteiger partial charge >= 0.3 is 0 Å². The third-order valence-corrected chi connectivity index (χ3v) is 2.66. The zero-order chi connectivity index (χ0) is 10.3. The van der Waals surface area contributed by atoms with Crippen LogP contribution in [0, 0.1) is 0 Å². The van der Waals surface area contributed by atoms with Gasteiger partial charge in [-0.05, 0) is 33.2 Å². The van der Waals surface area contributed by atoms with Crippen LogP contribution in [-0.2, 0) is 0 Å². The summed E-state index contributed by atoms with van der Waals surface area (Å²) in [5.74, 6) is 0. The van der Waals surface area contributed by atoms with Crippen LogP contribution in [0.15, 0.2) is 12.2 Å². The van der Waals surface area contributed by atoms with E-state index in [4.69, 9.17) is 0 Å². The van der Waals surface area contributed by atoms with Gasteiger partial charge in [-0.3, -0.25) is 0 Å². The molecule has 1 atom stereocenters. The number of hydrogen-bond acceptors (Lipinski definition) is 2. The first-order valence-electron chi connectivity index (χ1n) is 5.02. The smallest absolute Gasteiger partial charge is 0.181 e. The standard InChI is InChI=1S/C8H21B3N2/c1-3-5-8(2,13(10)11)6-4-7-12-9/h3,5,12H,4,6-7,9-11H2,1-2H3. The van der Waals surface area contributed by atoms with Gasteiger partial charge in [-0.1, -0.05) is 12.2 Å². The quantitative estimate of drug-likeness (QED) is 0.306. The molecule has 13 heavy (non-hydrogen) atoms. The molecule has 0 rings (SSSR count). The normalized spacial score (nSPS) is 16.5. The first kappa shape index (κ1) is 12.9. The van der Waals surface area contributed by atoms with E-state index in [1.54, 1.807) is 0 Å². The van der Waals surface area contributed by atoms with E-state index in [1.807, 2.05) is 7.98 Å². The van der Waals surface area contributed by atoms with Crippen molar-refractivity contribution in [2.24, 2.45) is 0 Å². The molecule has 0 aliphatic rings. The zero-order valence-electron chi connectivity index (χ0n) is 9.72. The Morgan fingerprint density at radius 3 is 2.46 bits per heavy atom. The van der Waals surface area contributed by atoms with Crippen molar-refractivity contribution >= 4 is 23.9 Å². The van der Waals surface area contributed by atoms with Crippen molar-refractivity contribution in [2.75, 3.05) is 6.54 Å². The van der Waals surface area contributed by atoms with Gasteiger partial charge in [0.2, 0.25) is 0 Å². The summed E-state index contributed by atoms with van der Waals surface area (Å²) in [6, 6.07) is 0. The van der Waals surface area contributed by atoms with E-state index in [9.17, 15) is 0 Å². The molecule has 5 heteroatoms. The second-order valence-electron chi connectivity index (χ2n) is 3.96. The van der Waals surface area contributed by atoms with Gasteiger partial charge in [0.25, 0.3) is 0 Å². The van der Waals surface area contributed by atoms with E-state index in [-0.39, 0.29) is 5.54 Å². The molecule has 72 valence electrons. The van der Waals surface area contributed by atoms with E-state index < -0.39 is 0 Å². The van der Waals surface area contributed by atoms with Gasteiger partial charge in [-0.2, -0.15) is 0 Å². The monoisotopic (exact) mass is 178 g/mol. The number of nitrogens with one attached hydrogen (secondary N) is 1. The van der Waals surface area contributed by atoms with Crippen LogP contribution in [0.1, 0.15) is 26.7 Å². The zero-order valence-corrected chi connectivity index (χ0v) is 9.72. The minimum atomic E-state index is 0.214. The van der Waals surface area contributed by atoms with Crippen LogP contribution in [0.4, 0.5) is 0 Å². The molecule has 0 aliphatic carbocycles. The molecule has 0 aromatic carbocycles. The van der Waals surface area contributed by atoms with E-state index in [2.05, 4.69) is 51.9 Å². The van der Waals surface area contributed by atoms with Gasteiger partial charge in [0, 0.05) is 5.54 Å². The Labute approximate surface area is 85.4 Å². The van der Waals surface area contributed by atoms with Crippen molar-refractivity contribution in [1.29, 1.82) is 0 Å². The molecule has 0 heterocycles. The molecule has 1 N–H and O–H groups in total. The molecule has 0 saturated carbocycles. The van der Waals surface area contributed by atoms with Crippen LogP contribution >= 0.6 is 0 Å². The maximum Gasteiger partial charge on any atom is 0.181 e. The third kappa shape index (κ3) is 4.58. The Morgan fingerprint density at radius 2 is 2.08 bits per heavy atom. The van der Waals surface area contributed by atoms with Crippen LogP contribution in [-0.4, -0.2) is 40.7 Å². The van der Waals surface area contributed by atoms with Crippen molar-refractivity contribution in [1.82, 2.24) is 9.95 Å². The predicted molar refractivity (Wildman–Crippen MR) is 67.9 cm³/mol. The molecule has 0 amide bonds. The van der Waals surface area contributed by atoms with Gasteiger partial charge in [-0.25, -0.2) is 0 Å². The minimum Gasteiger partial charge on any atom is -0.388 e. The Bertz CT molecular complexity index is 161. The second kappa shape index (κ2) is 6.33. The Balaban J connectivity index is 4.08. The highest BCUT2D eigenvalue weighted by Crippen LogP contribution is 2.19. The van der Waals surface area contributed by atoms with Crippen molar-refractivity contribution < 1.29 is 0 Å². The summed E-state index contributed by atoms with van der Waals surface area (Å²) in [6.45, 7) is 5.46. The van der Waals surface area contributed by atoms with E-state index in [0.29, 0.717) is 0 Å². The number of allylic oxidation sites excluding steroid dienone is 1. The Kier molecular flexibility index (Phi) is 6.26. The van der Waals surface area contributed by atoms with Crippen molar-refractivity contribution in [3.63, 3.8) is 0 Å². The number of nitrogens with zero attached hydrogens (tertiary/aromatic N) is 1. The molecule has 0 aromatic rings. The van der Waals surface area contributed by atoms with E-state index in [0.717, 1.165) is 6.54 Å². The van der Waals surface area contributed by atoms with Gasteiger partial charge < -0.3 is 9.95 Å². The summed E-state index contributed by atoms with van der Waals surface area (Å²) >= 11 is 0. The summed E-state index contributed by atoms with van der Waals surface area (Å²) in [4.78, 5) is 0. The van der Waals surface area contributed by atoms with Gasteiger partial charge in [-0.15, -0.1) is 0 Å². The van der Waals surface area contributed by atoms with E-state index >= 15 is 0 Å². The molecular weight excluding hydrogens is 157 g/mol. The number of hydrogen-bond donors (Lipinski definition) is 1. The highest BCUT2D eigenvalue weighted by Gasteiger charge is 2.21. The molecule has 0 radical (unpaired) electrons. The Hall–Kier alpha value is -0.145. The molecule has 0 fully saturated rings. The van der Waals surface area contributed by atoms with Gasteiger partial charge in [0.15, 0.2) is 23.9 Å². The lowest BCUT2D eigenvalue weighted by Crippen LogP contribution is -2.41. The molecular formula is C8H21B3N2. The average molecular weight is 178 g/mol. The fraction of sp³-hybridized carbons (Fsp3) is 0.750. The Morgan fingerprint density at radius 1 is 1.46 bits per heavy atom. The molecule has 0 spiro atoms. The van der Waals surface area contributed by atoms with Crippen LogP contribution in [0.5, 0.6) is 0 Å². The van der Waals surface area contributed by atoms with Crippen molar-refractivity contribution in [3.8, 4) is 0 Å². The molecule has 1 unspecified atom stereocenters. The summed E-state index contributed by atoms with van der Waals surface area (Å²) < 4.78 is 2.28. The average Bonchev–Trinajstić information content (AvgIpc) is 2.05. The van der Waals surface area contributed by atoms with E-state index in [1.165, 1.54) is 12.8 Å². The fourth-order valence-corrected chi connectivity index (χ4v) is 1.44. The largest absolute Gasteiger partial charge is 0.388 e. The van der Waals surface area contributed by atoms with Crippen LogP contribution in [0.3, 0.4) is 0 Å². The predicted octanol–water partition coefficient (Wildman–Crippen LogP) is -1.36. The van der Waals surface area contributed by atoms with Crippen LogP contribution < -0.4 is 5.23 Å². The summed E-state index contributed by atoms with van der Waals surface area (Å²) in [6.07, 6.45) is 6.84. The summed E-state index contributed by atoms with van der Waals surface area (Å²) in [5, 5.41) is 3.18. The van der Waals surface area contributed by atoms with Crippen LogP contribution in [0.2, 0.25) is 0 Å². The SMILES string of the molecule is BNCCCC(C)(C=CC)N(B)B. The fourth-order valence-electron chi connectivity index (χ4n) is 1.44. The minimum absolute atomic E-state index is 0.214.